The first-order chi connectivity index (χ1) is 12.2. The van der Waals surface area contributed by atoms with E-state index in [0.717, 1.165) is 31.2 Å². The fourth-order valence-corrected chi connectivity index (χ4v) is 4.12. The lowest BCUT2D eigenvalue weighted by molar-refractivity contribution is -0.142. The van der Waals surface area contributed by atoms with Crippen LogP contribution in [-0.2, 0) is 6.18 Å². The van der Waals surface area contributed by atoms with Crippen LogP contribution < -0.4 is 0 Å². The molecule has 1 aliphatic carbocycles. The van der Waals surface area contributed by atoms with Crippen molar-refractivity contribution in [3.8, 4) is 11.1 Å². The van der Waals surface area contributed by atoms with Crippen LogP contribution in [0.2, 0.25) is 0 Å². The van der Waals surface area contributed by atoms with E-state index in [9.17, 15) is 26.3 Å². The molecular weight excluding hydrogens is 469 g/mol. The average Bonchev–Trinajstić information content (AvgIpc) is 2.53. The van der Waals surface area contributed by atoms with Gasteiger partial charge in [0.2, 0.25) is 0 Å². The van der Waals surface area contributed by atoms with Gasteiger partial charge >= 0.3 is 6.18 Å². The smallest absolute Gasteiger partial charge is 0.206 e. The minimum atomic E-state index is -5.15. The molecule has 0 saturated heterocycles. The fourth-order valence-electron chi connectivity index (χ4n) is 3.40. The van der Waals surface area contributed by atoms with Crippen LogP contribution in [0.4, 0.5) is 26.3 Å². The molecule has 0 radical (unpaired) electrons. The quantitative estimate of drug-likeness (QED) is 0.239. The Hall–Kier alpha value is -1.25. The fraction of sp³-hybridized carbons (Fsp3) is 0.368. The highest BCUT2D eigenvalue weighted by Crippen LogP contribution is 2.39. The lowest BCUT2D eigenvalue weighted by atomic mass is 9.83. The van der Waals surface area contributed by atoms with Crippen molar-refractivity contribution >= 4 is 22.6 Å². The number of benzene rings is 2. The van der Waals surface area contributed by atoms with Gasteiger partial charge in [-0.15, -0.1) is 0 Å². The second-order valence-electron chi connectivity index (χ2n) is 6.50. The maximum Gasteiger partial charge on any atom is 0.422 e. The molecule has 0 unspecified atom stereocenters. The number of rotatable bonds is 2. The molecule has 3 rings (SSSR count). The third-order valence-electron chi connectivity index (χ3n) is 4.76. The first-order valence-corrected chi connectivity index (χ1v) is 9.41. The van der Waals surface area contributed by atoms with E-state index in [0.29, 0.717) is 16.1 Å². The predicted octanol–water partition coefficient (Wildman–Crippen LogP) is 7.25. The standard InChI is InChI=1S/C19H15F6I/c20-15-7-11(10-1-4-13(26)5-2-10)3-6-14(15)12-8-16(21)18(17(22)9-12)19(23,24)25/h3,6-10,13H,1-2,4-5H2. The lowest BCUT2D eigenvalue weighted by Crippen LogP contribution is -2.13. The third kappa shape index (κ3) is 4.02. The van der Waals surface area contributed by atoms with Crippen LogP contribution in [0, 0.1) is 17.5 Å². The zero-order valence-electron chi connectivity index (χ0n) is 13.5. The van der Waals surface area contributed by atoms with Crippen LogP contribution >= 0.6 is 22.6 Å². The van der Waals surface area contributed by atoms with Gasteiger partial charge in [0, 0.05) is 9.49 Å². The number of hydrogen-bond acceptors (Lipinski definition) is 0. The highest BCUT2D eigenvalue weighted by Gasteiger charge is 2.38. The van der Waals surface area contributed by atoms with Gasteiger partial charge in [-0.05, 0) is 60.9 Å². The van der Waals surface area contributed by atoms with E-state index in [1.807, 2.05) is 0 Å². The molecule has 1 fully saturated rings. The molecule has 0 heterocycles. The van der Waals surface area contributed by atoms with Gasteiger partial charge in [-0.2, -0.15) is 13.2 Å². The Morgan fingerprint density at radius 1 is 0.808 bits per heavy atom. The van der Waals surface area contributed by atoms with Crippen molar-refractivity contribution < 1.29 is 26.3 Å². The summed E-state index contributed by atoms with van der Waals surface area (Å²) in [5, 5.41) is 0. The number of halogens is 7. The Kier molecular flexibility index (Phi) is 5.55. The third-order valence-corrected chi connectivity index (χ3v) is 6.00. The molecule has 1 aliphatic rings. The normalized spacial score (nSPS) is 21.0. The van der Waals surface area contributed by atoms with Crippen molar-refractivity contribution in [2.24, 2.45) is 0 Å². The van der Waals surface area contributed by atoms with Crippen molar-refractivity contribution in [1.29, 1.82) is 0 Å². The van der Waals surface area contributed by atoms with E-state index >= 15 is 0 Å². The molecule has 0 N–H and O–H groups in total. The summed E-state index contributed by atoms with van der Waals surface area (Å²) in [5.74, 6) is -3.98. The van der Waals surface area contributed by atoms with Crippen LogP contribution in [0.15, 0.2) is 30.3 Å². The molecule has 0 bridgehead atoms. The summed E-state index contributed by atoms with van der Waals surface area (Å²) in [5.41, 5.74) is -1.54. The molecule has 140 valence electrons. The molecule has 0 aliphatic heterocycles. The topological polar surface area (TPSA) is 0 Å². The second kappa shape index (κ2) is 7.40. The Morgan fingerprint density at radius 3 is 1.88 bits per heavy atom. The van der Waals surface area contributed by atoms with E-state index < -0.39 is 29.2 Å². The predicted molar refractivity (Wildman–Crippen MR) is 95.8 cm³/mol. The van der Waals surface area contributed by atoms with Crippen LogP contribution in [0.25, 0.3) is 11.1 Å². The second-order valence-corrected chi connectivity index (χ2v) is 8.26. The minimum Gasteiger partial charge on any atom is -0.206 e. The zero-order chi connectivity index (χ0) is 19.1. The van der Waals surface area contributed by atoms with Gasteiger partial charge < -0.3 is 0 Å². The molecule has 26 heavy (non-hydrogen) atoms. The summed E-state index contributed by atoms with van der Waals surface area (Å²) in [6, 6.07) is 5.42. The molecule has 0 spiro atoms. The SMILES string of the molecule is Fc1cc(C2CCC(I)CC2)ccc1-c1cc(F)c(C(F)(F)F)c(F)c1. The lowest BCUT2D eigenvalue weighted by Gasteiger charge is -2.25. The van der Waals surface area contributed by atoms with E-state index in [-0.39, 0.29) is 17.0 Å². The van der Waals surface area contributed by atoms with E-state index in [1.165, 1.54) is 12.1 Å². The van der Waals surface area contributed by atoms with Gasteiger partial charge in [0.1, 0.15) is 23.0 Å². The first-order valence-electron chi connectivity index (χ1n) is 8.17. The average molecular weight is 484 g/mol. The highest BCUT2D eigenvalue weighted by atomic mass is 127. The Balaban J connectivity index is 1.93. The van der Waals surface area contributed by atoms with E-state index in [4.69, 9.17) is 0 Å². The molecule has 2 aromatic carbocycles. The summed E-state index contributed by atoms with van der Waals surface area (Å²) in [6.07, 6.45) is -1.17. The molecule has 2 aromatic rings. The zero-order valence-corrected chi connectivity index (χ0v) is 15.7. The van der Waals surface area contributed by atoms with Gasteiger partial charge in [-0.3, -0.25) is 0 Å². The molecule has 7 heteroatoms. The largest absolute Gasteiger partial charge is 0.422 e. The van der Waals surface area contributed by atoms with Crippen molar-refractivity contribution in [2.45, 2.75) is 41.7 Å². The maximum atomic E-state index is 14.5. The van der Waals surface area contributed by atoms with Gasteiger partial charge in [-0.25, -0.2) is 13.2 Å². The van der Waals surface area contributed by atoms with Gasteiger partial charge in [0.05, 0.1) is 0 Å². The summed E-state index contributed by atoms with van der Waals surface area (Å²) in [6.45, 7) is 0. The summed E-state index contributed by atoms with van der Waals surface area (Å²) < 4.78 is 80.6. The van der Waals surface area contributed by atoms with Crippen molar-refractivity contribution in [3.05, 3.63) is 58.9 Å². The van der Waals surface area contributed by atoms with E-state index in [1.54, 1.807) is 6.07 Å². The van der Waals surface area contributed by atoms with Gasteiger partial charge in [0.15, 0.2) is 0 Å². The molecule has 0 nitrogen and oxygen atoms in total. The Bertz CT molecular complexity index is 783. The molecule has 1 saturated carbocycles. The maximum absolute atomic E-state index is 14.5. The molecule has 0 amide bonds. The van der Waals surface area contributed by atoms with Crippen LogP contribution in [0.3, 0.4) is 0 Å². The van der Waals surface area contributed by atoms with Crippen LogP contribution in [-0.4, -0.2) is 3.92 Å². The highest BCUT2D eigenvalue weighted by molar-refractivity contribution is 14.1. The molecule has 0 atom stereocenters. The van der Waals surface area contributed by atoms with E-state index in [2.05, 4.69) is 22.6 Å². The van der Waals surface area contributed by atoms with Gasteiger partial charge in [0.25, 0.3) is 0 Å². The Morgan fingerprint density at radius 2 is 1.38 bits per heavy atom. The number of alkyl halides is 4. The van der Waals surface area contributed by atoms with Crippen molar-refractivity contribution in [3.63, 3.8) is 0 Å². The molecule has 0 aromatic heterocycles. The monoisotopic (exact) mass is 484 g/mol. The first kappa shape index (κ1) is 19.5. The molecular formula is C19H15F6I. The Labute approximate surface area is 160 Å². The van der Waals surface area contributed by atoms with Crippen LogP contribution in [0.1, 0.15) is 42.7 Å². The summed E-state index contributed by atoms with van der Waals surface area (Å²) in [7, 11) is 0. The van der Waals surface area contributed by atoms with Crippen LogP contribution in [0.5, 0.6) is 0 Å². The summed E-state index contributed by atoms with van der Waals surface area (Å²) >= 11 is 2.39. The van der Waals surface area contributed by atoms with Crippen molar-refractivity contribution in [1.82, 2.24) is 0 Å². The number of hydrogen-bond donors (Lipinski definition) is 0. The van der Waals surface area contributed by atoms with Gasteiger partial charge in [-0.1, -0.05) is 34.7 Å². The van der Waals surface area contributed by atoms with Crippen molar-refractivity contribution in [2.75, 3.05) is 0 Å². The summed E-state index contributed by atoms with van der Waals surface area (Å²) in [4.78, 5) is 0. The minimum absolute atomic E-state index is 0.122.